The maximum Gasteiger partial charge on any atom is 0.339 e. The minimum atomic E-state index is -1.05. The number of benzene rings is 2. The lowest BCUT2D eigenvalue weighted by Gasteiger charge is -2.25. The summed E-state index contributed by atoms with van der Waals surface area (Å²) in [4.78, 5) is 27.5. The Balaban J connectivity index is 2.41. The van der Waals surface area contributed by atoms with Crippen LogP contribution in [-0.4, -0.2) is 51.2 Å². The maximum absolute atomic E-state index is 13.0. The zero-order valence-electron chi connectivity index (χ0n) is 17.4. The molecule has 7 heteroatoms. The van der Waals surface area contributed by atoms with E-state index in [0.717, 1.165) is 0 Å². The van der Waals surface area contributed by atoms with Crippen molar-refractivity contribution in [3.63, 3.8) is 0 Å². The maximum atomic E-state index is 13.0. The molecule has 0 fully saturated rings. The summed E-state index contributed by atoms with van der Waals surface area (Å²) in [5, 5.41) is 0. The highest BCUT2D eigenvalue weighted by Crippen LogP contribution is 2.38. The van der Waals surface area contributed by atoms with Gasteiger partial charge in [0.25, 0.3) is 5.91 Å². The fourth-order valence-corrected chi connectivity index (χ4v) is 2.96. The first-order chi connectivity index (χ1) is 14.0. The highest BCUT2D eigenvalue weighted by molar-refractivity contribution is 5.94. The standard InChI is InChI=1S/C22H27NO6/c1-6-23(7-2)21(24)19(15-11-9-8-10-12-15)29-22(25)16-13-17(26-3)20(28-5)18(14-16)27-4/h8-14,19H,6-7H2,1-5H3/t19-/m1/s1. The van der Waals surface area contributed by atoms with E-state index in [1.165, 1.54) is 33.5 Å². The van der Waals surface area contributed by atoms with Gasteiger partial charge in [-0.3, -0.25) is 4.79 Å². The molecule has 2 rings (SSSR count). The molecule has 0 heterocycles. The quantitative estimate of drug-likeness (QED) is 0.599. The van der Waals surface area contributed by atoms with Gasteiger partial charge in [-0.25, -0.2) is 4.79 Å². The van der Waals surface area contributed by atoms with Gasteiger partial charge in [-0.1, -0.05) is 30.3 Å². The van der Waals surface area contributed by atoms with E-state index in [4.69, 9.17) is 18.9 Å². The number of likely N-dealkylation sites (N-methyl/N-ethyl adjacent to an activating group) is 1. The van der Waals surface area contributed by atoms with E-state index in [1.54, 1.807) is 29.2 Å². The number of carbonyl (C=O) groups is 2. The third-order valence-corrected chi connectivity index (χ3v) is 4.53. The van der Waals surface area contributed by atoms with Crippen molar-refractivity contribution >= 4 is 11.9 Å². The molecular formula is C22H27NO6. The molecule has 0 N–H and O–H groups in total. The van der Waals surface area contributed by atoms with Crippen LogP contribution in [0.1, 0.15) is 35.9 Å². The van der Waals surface area contributed by atoms with Crippen molar-refractivity contribution in [2.24, 2.45) is 0 Å². The van der Waals surface area contributed by atoms with Gasteiger partial charge in [-0.2, -0.15) is 0 Å². The van der Waals surface area contributed by atoms with E-state index < -0.39 is 12.1 Å². The fraction of sp³-hybridized carbons (Fsp3) is 0.364. The number of esters is 1. The second-order valence-electron chi connectivity index (χ2n) is 6.12. The Hall–Kier alpha value is -3.22. The van der Waals surface area contributed by atoms with E-state index in [0.29, 0.717) is 35.9 Å². The van der Waals surface area contributed by atoms with E-state index in [2.05, 4.69) is 0 Å². The summed E-state index contributed by atoms with van der Waals surface area (Å²) in [7, 11) is 4.40. The second-order valence-corrected chi connectivity index (χ2v) is 6.12. The highest BCUT2D eigenvalue weighted by atomic mass is 16.6. The lowest BCUT2D eigenvalue weighted by Crippen LogP contribution is -2.36. The smallest absolute Gasteiger partial charge is 0.339 e. The molecule has 0 spiro atoms. The Kier molecular flexibility index (Phi) is 7.88. The molecule has 0 aliphatic rings. The number of rotatable bonds is 9. The molecule has 0 saturated carbocycles. The zero-order chi connectivity index (χ0) is 21.4. The summed E-state index contributed by atoms with van der Waals surface area (Å²) < 4.78 is 21.5. The van der Waals surface area contributed by atoms with Crippen molar-refractivity contribution in [2.75, 3.05) is 34.4 Å². The first-order valence-corrected chi connectivity index (χ1v) is 9.35. The number of ether oxygens (including phenoxy) is 4. The van der Waals surface area contributed by atoms with Crippen LogP contribution in [0.5, 0.6) is 17.2 Å². The van der Waals surface area contributed by atoms with Crippen LogP contribution in [0.25, 0.3) is 0 Å². The average molecular weight is 401 g/mol. The zero-order valence-corrected chi connectivity index (χ0v) is 17.4. The van der Waals surface area contributed by atoms with Crippen LogP contribution in [0, 0.1) is 0 Å². The van der Waals surface area contributed by atoms with Crippen LogP contribution in [0.4, 0.5) is 0 Å². The van der Waals surface area contributed by atoms with E-state index >= 15 is 0 Å². The van der Waals surface area contributed by atoms with Gasteiger partial charge in [0.05, 0.1) is 26.9 Å². The molecule has 0 unspecified atom stereocenters. The summed E-state index contributed by atoms with van der Waals surface area (Å²) in [6.07, 6.45) is -1.05. The summed E-state index contributed by atoms with van der Waals surface area (Å²) in [6.45, 7) is 4.79. The number of methoxy groups -OCH3 is 3. The summed E-state index contributed by atoms with van der Waals surface area (Å²) >= 11 is 0. The molecule has 1 amide bonds. The molecule has 0 aliphatic heterocycles. The van der Waals surface area contributed by atoms with Crippen LogP contribution >= 0.6 is 0 Å². The number of carbonyl (C=O) groups excluding carboxylic acids is 2. The molecule has 0 aliphatic carbocycles. The number of hydrogen-bond acceptors (Lipinski definition) is 6. The van der Waals surface area contributed by atoms with Gasteiger partial charge >= 0.3 is 5.97 Å². The minimum Gasteiger partial charge on any atom is -0.493 e. The monoisotopic (exact) mass is 401 g/mol. The number of nitrogens with zero attached hydrogens (tertiary/aromatic N) is 1. The number of amides is 1. The van der Waals surface area contributed by atoms with Gasteiger partial charge in [0.1, 0.15) is 0 Å². The fourth-order valence-electron chi connectivity index (χ4n) is 2.96. The van der Waals surface area contributed by atoms with Gasteiger partial charge in [-0.05, 0) is 26.0 Å². The first-order valence-electron chi connectivity index (χ1n) is 9.35. The van der Waals surface area contributed by atoms with Crippen molar-refractivity contribution in [1.82, 2.24) is 4.90 Å². The Morgan fingerprint density at radius 2 is 1.45 bits per heavy atom. The lowest BCUT2D eigenvalue weighted by atomic mass is 10.1. The molecule has 156 valence electrons. The minimum absolute atomic E-state index is 0.188. The normalized spacial score (nSPS) is 11.3. The van der Waals surface area contributed by atoms with Crippen molar-refractivity contribution in [3.05, 3.63) is 53.6 Å². The van der Waals surface area contributed by atoms with Crippen LogP contribution in [0.15, 0.2) is 42.5 Å². The average Bonchev–Trinajstić information content (AvgIpc) is 2.77. The van der Waals surface area contributed by atoms with E-state index in [-0.39, 0.29) is 11.5 Å². The van der Waals surface area contributed by atoms with Gasteiger partial charge in [0.2, 0.25) is 11.9 Å². The van der Waals surface area contributed by atoms with Gasteiger partial charge in [0, 0.05) is 18.7 Å². The van der Waals surface area contributed by atoms with Crippen molar-refractivity contribution in [1.29, 1.82) is 0 Å². The topological polar surface area (TPSA) is 74.3 Å². The van der Waals surface area contributed by atoms with Gasteiger partial charge < -0.3 is 23.8 Å². The Morgan fingerprint density at radius 1 is 0.897 bits per heavy atom. The summed E-state index contributed by atoms with van der Waals surface area (Å²) in [5.41, 5.74) is 0.790. The first kappa shape index (κ1) is 22.1. The predicted octanol–water partition coefficient (Wildman–Crippen LogP) is 3.48. The van der Waals surface area contributed by atoms with E-state index in [9.17, 15) is 9.59 Å². The van der Waals surface area contributed by atoms with Crippen molar-refractivity contribution in [2.45, 2.75) is 20.0 Å². The Labute approximate surface area is 171 Å². The highest BCUT2D eigenvalue weighted by Gasteiger charge is 2.29. The molecule has 1 atom stereocenters. The SMILES string of the molecule is CCN(CC)C(=O)[C@H](OC(=O)c1cc(OC)c(OC)c(OC)c1)c1ccccc1. The van der Waals surface area contributed by atoms with Crippen molar-refractivity contribution < 1.29 is 28.5 Å². The Morgan fingerprint density at radius 3 is 1.90 bits per heavy atom. The van der Waals surface area contributed by atoms with Gasteiger partial charge in [-0.15, -0.1) is 0 Å². The molecule has 0 saturated heterocycles. The molecule has 0 aromatic heterocycles. The van der Waals surface area contributed by atoms with Crippen LogP contribution in [0.2, 0.25) is 0 Å². The third kappa shape index (κ3) is 4.99. The van der Waals surface area contributed by atoms with Crippen LogP contribution < -0.4 is 14.2 Å². The second kappa shape index (κ2) is 10.4. The molecule has 0 bridgehead atoms. The molecule has 7 nitrogen and oxygen atoms in total. The lowest BCUT2D eigenvalue weighted by molar-refractivity contribution is -0.140. The Bertz CT molecular complexity index is 807. The predicted molar refractivity (Wildman–Crippen MR) is 109 cm³/mol. The summed E-state index contributed by atoms with van der Waals surface area (Å²) in [5.74, 6) is 0.0706. The molecule has 2 aromatic rings. The largest absolute Gasteiger partial charge is 0.493 e. The summed E-state index contributed by atoms with van der Waals surface area (Å²) in [6, 6.07) is 11.9. The molecule has 29 heavy (non-hydrogen) atoms. The molecule has 2 aromatic carbocycles. The third-order valence-electron chi connectivity index (χ3n) is 4.53. The van der Waals surface area contributed by atoms with Crippen LogP contribution in [0.3, 0.4) is 0 Å². The molecular weight excluding hydrogens is 374 g/mol. The molecule has 0 radical (unpaired) electrons. The van der Waals surface area contributed by atoms with Crippen LogP contribution in [-0.2, 0) is 9.53 Å². The van der Waals surface area contributed by atoms with Crippen molar-refractivity contribution in [3.8, 4) is 17.2 Å². The number of hydrogen-bond donors (Lipinski definition) is 0. The van der Waals surface area contributed by atoms with E-state index in [1.807, 2.05) is 19.9 Å². The van der Waals surface area contributed by atoms with Gasteiger partial charge in [0.15, 0.2) is 11.5 Å².